The van der Waals surface area contributed by atoms with Gasteiger partial charge in [0.25, 0.3) is 0 Å². The van der Waals surface area contributed by atoms with E-state index in [-0.39, 0.29) is 16.9 Å². The van der Waals surface area contributed by atoms with Gasteiger partial charge in [-0.1, -0.05) is 24.3 Å². The molecule has 2 aromatic rings. The Morgan fingerprint density at radius 2 is 1.74 bits per heavy atom. The second kappa shape index (κ2) is 5.99. The monoisotopic (exact) mass is 345 g/mol. The van der Waals surface area contributed by atoms with Crippen molar-refractivity contribution < 1.29 is 26.3 Å². The molecule has 5 nitrogen and oxygen atoms in total. The molecule has 0 aliphatic heterocycles. The molecule has 0 aromatic heterocycles. The average molecular weight is 345 g/mol. The number of hydrogen-bond acceptors (Lipinski definition) is 4. The van der Waals surface area contributed by atoms with Gasteiger partial charge in [-0.3, -0.25) is 0 Å². The summed E-state index contributed by atoms with van der Waals surface area (Å²) >= 11 is 0. The largest absolute Gasteiger partial charge is 0.495 e. The van der Waals surface area contributed by atoms with Crippen molar-refractivity contribution in [2.75, 3.05) is 7.11 Å². The molecule has 9 heteroatoms. The Hall–Kier alpha value is -2.42. The topological polar surface area (TPSA) is 72.8 Å². The lowest BCUT2D eigenvalue weighted by molar-refractivity contribution is -0.137. The fourth-order valence-electron chi connectivity index (χ4n) is 2.07. The normalized spacial score (nSPS) is 12.0. The van der Waals surface area contributed by atoms with Gasteiger partial charge in [-0.15, -0.1) is 4.91 Å². The van der Waals surface area contributed by atoms with Crippen molar-refractivity contribution in [1.29, 1.82) is 0 Å². The number of nitrogens with zero attached hydrogens (tertiary/aromatic N) is 1. The van der Waals surface area contributed by atoms with E-state index >= 15 is 0 Å². The van der Waals surface area contributed by atoms with Gasteiger partial charge >= 0.3 is 16.2 Å². The van der Waals surface area contributed by atoms with Gasteiger partial charge in [0.1, 0.15) is 10.6 Å². The number of benzene rings is 2. The van der Waals surface area contributed by atoms with Gasteiger partial charge in [-0.05, 0) is 29.3 Å². The number of methoxy groups -OCH3 is 1. The first-order valence-electron chi connectivity index (χ1n) is 6.15. The van der Waals surface area contributed by atoms with Crippen LogP contribution in [0.4, 0.5) is 13.2 Å². The number of ether oxygens (including phenoxy) is 1. The first-order chi connectivity index (χ1) is 10.7. The maximum atomic E-state index is 13.1. The molecular formula is C14H10F3NO4S. The minimum Gasteiger partial charge on any atom is -0.495 e. The number of alkyl halides is 3. The maximum Gasteiger partial charge on any atom is 0.417 e. The zero-order valence-electron chi connectivity index (χ0n) is 11.7. The molecule has 0 fully saturated rings. The molecule has 0 unspecified atom stereocenters. The van der Waals surface area contributed by atoms with E-state index in [1.165, 1.54) is 18.2 Å². The van der Waals surface area contributed by atoms with E-state index in [1.807, 2.05) is 4.58 Å². The van der Waals surface area contributed by atoms with E-state index in [9.17, 15) is 26.5 Å². The van der Waals surface area contributed by atoms with Crippen molar-refractivity contribution in [1.82, 2.24) is 0 Å². The summed E-state index contributed by atoms with van der Waals surface area (Å²) in [7, 11) is -3.32. The molecule has 122 valence electrons. The summed E-state index contributed by atoms with van der Waals surface area (Å²) in [6, 6.07) is 8.10. The van der Waals surface area contributed by atoms with Crippen molar-refractivity contribution in [3.05, 3.63) is 52.9 Å². The number of halogens is 3. The number of rotatable bonds is 4. The molecular weight excluding hydrogens is 335 g/mol. The van der Waals surface area contributed by atoms with Gasteiger partial charge in [-0.25, -0.2) is 0 Å². The van der Waals surface area contributed by atoms with Crippen LogP contribution in [0.3, 0.4) is 0 Å². The van der Waals surface area contributed by atoms with E-state index in [0.717, 1.165) is 31.4 Å². The molecule has 0 amide bonds. The van der Waals surface area contributed by atoms with Gasteiger partial charge in [0, 0.05) is 0 Å². The maximum absolute atomic E-state index is 13.1. The molecule has 0 aliphatic carbocycles. The quantitative estimate of drug-likeness (QED) is 0.789. The van der Waals surface area contributed by atoms with Crippen LogP contribution < -0.4 is 4.74 Å². The molecule has 0 atom stereocenters. The van der Waals surface area contributed by atoms with Crippen molar-refractivity contribution in [3.63, 3.8) is 0 Å². The van der Waals surface area contributed by atoms with Crippen LogP contribution in [0.15, 0.2) is 51.9 Å². The van der Waals surface area contributed by atoms with Crippen molar-refractivity contribution in [3.8, 4) is 16.9 Å². The summed E-state index contributed by atoms with van der Waals surface area (Å²) in [4.78, 5) is 9.88. The standard InChI is InChI=1S/C14H10F3NO4S/c1-22-12-8-9(6-7-13(12)23(20,21)18-19)10-4-2-3-5-11(10)14(15,16)17/h2-8H,1H3. The average Bonchev–Trinajstić information content (AvgIpc) is 2.53. The predicted octanol–water partition coefficient (Wildman–Crippen LogP) is 3.84. The lowest BCUT2D eigenvalue weighted by Gasteiger charge is -2.14. The highest BCUT2D eigenvalue weighted by atomic mass is 32.2. The lowest BCUT2D eigenvalue weighted by atomic mass is 9.99. The Labute approximate surface area is 129 Å². The summed E-state index contributed by atoms with van der Waals surface area (Å²) in [5.41, 5.74) is -0.910. The number of nitroso groups, excluding NO2 is 1. The van der Waals surface area contributed by atoms with Crippen LogP contribution in [0.2, 0.25) is 0 Å². The fraction of sp³-hybridized carbons (Fsp3) is 0.143. The van der Waals surface area contributed by atoms with Crippen LogP contribution in [0.5, 0.6) is 5.75 Å². The van der Waals surface area contributed by atoms with Crippen molar-refractivity contribution >= 4 is 10.0 Å². The Bertz CT molecular complexity index is 847. The summed E-state index contributed by atoms with van der Waals surface area (Å²) in [5, 5.41) is 0. The third kappa shape index (κ3) is 3.34. The molecule has 0 N–H and O–H groups in total. The molecule has 0 heterocycles. The summed E-state index contributed by atoms with van der Waals surface area (Å²) in [6.45, 7) is 0. The van der Waals surface area contributed by atoms with Crippen LogP contribution in [-0.2, 0) is 16.2 Å². The molecule has 0 saturated carbocycles. The SMILES string of the molecule is COc1cc(-c2ccccc2C(F)(F)F)ccc1S(=O)(=O)N=O. The molecule has 2 aromatic carbocycles. The number of sulfonamides is 1. The fourth-order valence-corrected chi connectivity index (χ4v) is 2.79. The van der Waals surface area contributed by atoms with Gasteiger partial charge < -0.3 is 4.74 Å². The molecule has 0 saturated heterocycles. The van der Waals surface area contributed by atoms with Crippen molar-refractivity contribution in [2.45, 2.75) is 11.1 Å². The molecule has 0 radical (unpaired) electrons. The van der Waals surface area contributed by atoms with Crippen LogP contribution in [0, 0.1) is 4.91 Å². The minimum absolute atomic E-state index is 0.0969. The van der Waals surface area contributed by atoms with Gasteiger partial charge in [-0.2, -0.15) is 21.6 Å². The van der Waals surface area contributed by atoms with E-state index in [0.29, 0.717) is 0 Å². The predicted molar refractivity (Wildman–Crippen MR) is 76.4 cm³/mol. The van der Waals surface area contributed by atoms with Gasteiger partial charge in [0.2, 0.25) is 0 Å². The zero-order valence-corrected chi connectivity index (χ0v) is 12.5. The first kappa shape index (κ1) is 16.9. The van der Waals surface area contributed by atoms with Crippen molar-refractivity contribution in [2.24, 2.45) is 4.58 Å². The highest BCUT2D eigenvalue weighted by Crippen LogP contribution is 2.39. The minimum atomic E-state index is -4.57. The Balaban J connectivity index is 2.67. The zero-order chi connectivity index (χ0) is 17.3. The molecule has 2 rings (SSSR count). The molecule has 0 bridgehead atoms. The van der Waals surface area contributed by atoms with E-state index < -0.39 is 26.7 Å². The first-order valence-corrected chi connectivity index (χ1v) is 7.59. The Morgan fingerprint density at radius 3 is 2.30 bits per heavy atom. The summed E-state index contributed by atoms with van der Waals surface area (Å²) in [6.07, 6.45) is -4.57. The van der Waals surface area contributed by atoms with Gasteiger partial charge in [0.05, 0.1) is 17.3 Å². The molecule has 23 heavy (non-hydrogen) atoms. The molecule has 0 aliphatic rings. The summed E-state index contributed by atoms with van der Waals surface area (Å²) < 4.78 is 69.1. The smallest absolute Gasteiger partial charge is 0.417 e. The third-order valence-corrected chi connectivity index (χ3v) is 4.17. The van der Waals surface area contributed by atoms with Crippen LogP contribution in [0.1, 0.15) is 5.56 Å². The van der Waals surface area contributed by atoms with E-state index in [1.54, 1.807) is 0 Å². The Morgan fingerprint density at radius 1 is 1.09 bits per heavy atom. The second-order valence-corrected chi connectivity index (χ2v) is 6.00. The van der Waals surface area contributed by atoms with Gasteiger partial charge in [0.15, 0.2) is 0 Å². The highest BCUT2D eigenvalue weighted by Gasteiger charge is 2.33. The lowest BCUT2D eigenvalue weighted by Crippen LogP contribution is -2.07. The third-order valence-electron chi connectivity index (χ3n) is 3.08. The van der Waals surface area contributed by atoms with Crippen LogP contribution >= 0.6 is 0 Å². The highest BCUT2D eigenvalue weighted by molar-refractivity contribution is 7.90. The van der Waals surface area contributed by atoms with Crippen LogP contribution in [-0.4, -0.2) is 15.5 Å². The summed E-state index contributed by atoms with van der Waals surface area (Å²) in [5.74, 6) is -0.265. The Kier molecular flexibility index (Phi) is 4.42. The van der Waals surface area contributed by atoms with E-state index in [4.69, 9.17) is 4.74 Å². The second-order valence-electron chi connectivity index (χ2n) is 4.46. The van der Waals surface area contributed by atoms with E-state index in [2.05, 4.69) is 0 Å². The molecule has 0 spiro atoms. The number of hydrogen-bond donors (Lipinski definition) is 0. The van der Waals surface area contributed by atoms with Crippen LogP contribution in [0.25, 0.3) is 11.1 Å².